The smallest absolute Gasteiger partial charge is 0.257 e. The maximum Gasteiger partial charge on any atom is 0.257 e. The van der Waals surface area contributed by atoms with Gasteiger partial charge in [-0.3, -0.25) is 14.6 Å². The van der Waals surface area contributed by atoms with E-state index in [-0.39, 0.29) is 23.2 Å². The maximum atomic E-state index is 13.0. The number of nitrogens with one attached hydrogen (secondary N) is 2. The molecule has 2 aromatic rings. The van der Waals surface area contributed by atoms with E-state index in [1.165, 1.54) is 0 Å². The second-order valence-electron chi connectivity index (χ2n) is 7.00. The number of thioether (sulfide) groups is 1. The van der Waals surface area contributed by atoms with Gasteiger partial charge >= 0.3 is 0 Å². The van der Waals surface area contributed by atoms with Crippen LogP contribution in [0.15, 0.2) is 46.3 Å². The van der Waals surface area contributed by atoms with Crippen LogP contribution in [-0.2, 0) is 4.79 Å². The number of aromatic nitrogens is 3. The number of nitrogens with zero attached hydrogens (tertiary/aromatic N) is 2. The molecule has 0 bridgehead atoms. The van der Waals surface area contributed by atoms with Crippen LogP contribution in [0, 0.1) is 5.92 Å². The highest BCUT2D eigenvalue weighted by Crippen LogP contribution is 2.44. The van der Waals surface area contributed by atoms with Crippen LogP contribution >= 0.6 is 11.8 Å². The number of Topliss-reactive ketones (excluding diaryl/α,β-unsaturated/α-hetero) is 1. The standard InChI is InChI=1S/C20H22N4O2S/c1-3-11(2)27-20-23-18-17(19(26)24-20)15(12-7-9-21-10-8-12)16-13(22-18)5-4-6-14(16)25/h5,7-11,15-16H,3-4,6H2,1-2H3,(H2,22,23,24,26)/t11-,15+,16+/m1/s1. The molecule has 0 saturated carbocycles. The summed E-state index contributed by atoms with van der Waals surface area (Å²) in [5.41, 5.74) is 2.12. The molecule has 140 valence electrons. The SMILES string of the molecule is CC[C@@H](C)Sc1nc2c(c(=O)[nH]1)[C@@H](c1ccncc1)[C@@H]1C(=O)CCC=C1N2. The summed E-state index contributed by atoms with van der Waals surface area (Å²) in [4.78, 5) is 37.5. The number of pyridine rings is 1. The van der Waals surface area contributed by atoms with Crippen LogP contribution in [0.3, 0.4) is 0 Å². The molecule has 2 N–H and O–H groups in total. The first kappa shape index (κ1) is 18.0. The van der Waals surface area contributed by atoms with Gasteiger partial charge in [0.15, 0.2) is 5.16 Å². The van der Waals surface area contributed by atoms with Crippen molar-refractivity contribution in [3.05, 3.63) is 57.8 Å². The average molecular weight is 382 g/mol. The Bertz CT molecular complexity index is 954. The molecular weight excluding hydrogens is 360 g/mol. The Kier molecular flexibility index (Phi) is 4.86. The summed E-state index contributed by atoms with van der Waals surface area (Å²) in [6.07, 6.45) is 7.66. The summed E-state index contributed by atoms with van der Waals surface area (Å²) in [5, 5.41) is 4.24. The molecule has 3 heterocycles. The van der Waals surface area contributed by atoms with Crippen LogP contribution in [0.25, 0.3) is 0 Å². The van der Waals surface area contributed by atoms with E-state index in [0.29, 0.717) is 34.6 Å². The van der Waals surface area contributed by atoms with Crippen molar-refractivity contribution in [3.63, 3.8) is 0 Å². The van der Waals surface area contributed by atoms with E-state index in [4.69, 9.17) is 0 Å². The number of ketones is 1. The molecule has 0 fully saturated rings. The van der Waals surface area contributed by atoms with Crippen molar-refractivity contribution in [2.45, 2.75) is 49.4 Å². The molecule has 0 aromatic carbocycles. The molecule has 2 aromatic heterocycles. The van der Waals surface area contributed by atoms with Gasteiger partial charge in [0.25, 0.3) is 5.56 Å². The Hall–Kier alpha value is -2.41. The van der Waals surface area contributed by atoms with Crippen molar-refractivity contribution in [2.75, 3.05) is 5.32 Å². The van der Waals surface area contributed by atoms with E-state index in [1.54, 1.807) is 24.2 Å². The monoisotopic (exact) mass is 382 g/mol. The number of anilines is 1. The van der Waals surface area contributed by atoms with Crippen LogP contribution in [0.5, 0.6) is 0 Å². The highest BCUT2D eigenvalue weighted by Gasteiger charge is 2.42. The number of hydrogen-bond acceptors (Lipinski definition) is 6. The molecule has 3 atom stereocenters. The van der Waals surface area contributed by atoms with E-state index in [0.717, 1.165) is 17.7 Å². The van der Waals surface area contributed by atoms with Crippen LogP contribution in [0.4, 0.5) is 5.82 Å². The first-order chi connectivity index (χ1) is 13.1. The third-order valence-corrected chi connectivity index (χ3v) is 6.38. The van der Waals surface area contributed by atoms with Gasteiger partial charge in [0.2, 0.25) is 0 Å². The number of rotatable bonds is 4. The molecule has 0 radical (unpaired) electrons. The summed E-state index contributed by atoms with van der Waals surface area (Å²) in [5.74, 6) is 0.000279. The fourth-order valence-electron chi connectivity index (χ4n) is 3.73. The molecule has 27 heavy (non-hydrogen) atoms. The average Bonchev–Trinajstić information content (AvgIpc) is 2.67. The fourth-order valence-corrected chi connectivity index (χ4v) is 4.57. The molecule has 0 spiro atoms. The van der Waals surface area contributed by atoms with Gasteiger partial charge in [-0.1, -0.05) is 31.7 Å². The van der Waals surface area contributed by atoms with Gasteiger partial charge in [-0.15, -0.1) is 0 Å². The number of allylic oxidation sites excluding steroid dienone is 2. The van der Waals surface area contributed by atoms with Crippen molar-refractivity contribution in [3.8, 4) is 0 Å². The predicted molar refractivity (Wildman–Crippen MR) is 106 cm³/mol. The lowest BCUT2D eigenvalue weighted by Crippen LogP contribution is -2.38. The quantitative estimate of drug-likeness (QED) is 0.622. The number of H-pyrrole nitrogens is 1. The molecule has 6 nitrogen and oxygen atoms in total. The number of carbonyl (C=O) groups is 1. The molecule has 4 rings (SSSR count). The van der Waals surface area contributed by atoms with Gasteiger partial charge in [0.1, 0.15) is 11.6 Å². The van der Waals surface area contributed by atoms with E-state index in [2.05, 4.69) is 40.2 Å². The highest BCUT2D eigenvalue weighted by molar-refractivity contribution is 7.99. The topological polar surface area (TPSA) is 87.7 Å². The third-order valence-electron chi connectivity index (χ3n) is 5.23. The van der Waals surface area contributed by atoms with Gasteiger partial charge in [0.05, 0.1) is 11.5 Å². The summed E-state index contributed by atoms with van der Waals surface area (Å²) in [6, 6.07) is 3.75. The van der Waals surface area contributed by atoms with E-state index in [1.807, 2.05) is 12.1 Å². The van der Waals surface area contributed by atoms with Crippen molar-refractivity contribution in [2.24, 2.45) is 5.92 Å². The zero-order chi connectivity index (χ0) is 19.0. The zero-order valence-corrected chi connectivity index (χ0v) is 16.2. The Morgan fingerprint density at radius 2 is 2.04 bits per heavy atom. The first-order valence-electron chi connectivity index (χ1n) is 9.29. The molecule has 1 aliphatic heterocycles. The summed E-state index contributed by atoms with van der Waals surface area (Å²) in [6.45, 7) is 4.21. The Morgan fingerprint density at radius 1 is 1.26 bits per heavy atom. The first-order valence-corrected chi connectivity index (χ1v) is 10.2. The minimum absolute atomic E-state index is 0.157. The number of fused-ring (bicyclic) bond motifs is 2. The van der Waals surface area contributed by atoms with Crippen LogP contribution in [0.2, 0.25) is 0 Å². The van der Waals surface area contributed by atoms with Crippen molar-refractivity contribution in [1.29, 1.82) is 0 Å². The Labute approximate surface area is 161 Å². The second kappa shape index (κ2) is 7.31. The van der Waals surface area contributed by atoms with Crippen molar-refractivity contribution in [1.82, 2.24) is 15.0 Å². The molecule has 2 aliphatic rings. The molecule has 0 saturated heterocycles. The van der Waals surface area contributed by atoms with E-state index in [9.17, 15) is 9.59 Å². The summed E-state index contributed by atoms with van der Waals surface area (Å²) < 4.78 is 0. The lowest BCUT2D eigenvalue weighted by atomic mass is 9.72. The van der Waals surface area contributed by atoms with Gasteiger partial charge in [-0.05, 0) is 30.5 Å². The van der Waals surface area contributed by atoms with E-state index < -0.39 is 0 Å². The molecule has 1 aliphatic carbocycles. The van der Waals surface area contributed by atoms with Crippen LogP contribution in [-0.4, -0.2) is 26.0 Å². The third kappa shape index (κ3) is 3.32. The fraction of sp³-hybridized carbons (Fsp3) is 0.400. The second-order valence-corrected chi connectivity index (χ2v) is 8.42. The zero-order valence-electron chi connectivity index (χ0n) is 15.4. The van der Waals surface area contributed by atoms with Gasteiger partial charge in [-0.25, -0.2) is 4.98 Å². The van der Waals surface area contributed by atoms with Crippen molar-refractivity contribution < 1.29 is 4.79 Å². The molecule has 7 heteroatoms. The molecule has 0 amide bonds. The summed E-state index contributed by atoms with van der Waals surface area (Å²) in [7, 11) is 0. The Balaban J connectivity index is 1.88. The van der Waals surface area contributed by atoms with Crippen molar-refractivity contribution >= 4 is 23.4 Å². The van der Waals surface area contributed by atoms with Gasteiger partial charge in [-0.2, -0.15) is 0 Å². The van der Waals surface area contributed by atoms with Crippen LogP contribution < -0.4 is 10.9 Å². The number of hydrogen-bond donors (Lipinski definition) is 2. The maximum absolute atomic E-state index is 13.0. The lowest BCUT2D eigenvalue weighted by molar-refractivity contribution is -0.122. The number of carbonyl (C=O) groups excluding carboxylic acids is 1. The minimum Gasteiger partial charge on any atom is -0.343 e. The molecular formula is C20H22N4O2S. The minimum atomic E-state index is -0.371. The number of aromatic amines is 1. The normalized spacial score (nSPS) is 22.3. The van der Waals surface area contributed by atoms with Gasteiger partial charge in [0, 0.05) is 35.7 Å². The predicted octanol–water partition coefficient (Wildman–Crippen LogP) is 3.48. The van der Waals surface area contributed by atoms with E-state index >= 15 is 0 Å². The lowest BCUT2D eigenvalue weighted by Gasteiger charge is -2.36. The van der Waals surface area contributed by atoms with Crippen LogP contribution in [0.1, 0.15) is 50.2 Å². The summed E-state index contributed by atoms with van der Waals surface area (Å²) >= 11 is 1.55. The Morgan fingerprint density at radius 3 is 2.78 bits per heavy atom. The highest BCUT2D eigenvalue weighted by atomic mass is 32.2. The largest absolute Gasteiger partial charge is 0.343 e. The molecule has 0 unspecified atom stereocenters. The van der Waals surface area contributed by atoms with Gasteiger partial charge < -0.3 is 10.3 Å².